The van der Waals surface area contributed by atoms with Crippen LogP contribution in [0, 0.1) is 5.92 Å². The molecule has 0 aromatic carbocycles. The van der Waals surface area contributed by atoms with Gasteiger partial charge in [0.1, 0.15) is 0 Å². The molecular formula is C14H23N3. The largest absolute Gasteiger partial charge is 0.384 e. The van der Waals surface area contributed by atoms with Crippen LogP contribution in [0.1, 0.15) is 39.5 Å². The van der Waals surface area contributed by atoms with E-state index in [0.717, 1.165) is 30.3 Å². The molecule has 94 valence electrons. The third-order valence-electron chi connectivity index (χ3n) is 3.11. The predicted octanol–water partition coefficient (Wildman–Crippen LogP) is 3.50. The summed E-state index contributed by atoms with van der Waals surface area (Å²) in [7, 11) is 0. The van der Waals surface area contributed by atoms with Gasteiger partial charge in [0.15, 0.2) is 0 Å². The van der Waals surface area contributed by atoms with Crippen molar-refractivity contribution in [1.29, 1.82) is 0 Å². The van der Waals surface area contributed by atoms with Crippen LogP contribution in [0.2, 0.25) is 0 Å². The number of pyridine rings is 1. The second kappa shape index (κ2) is 5.89. The molecule has 1 heterocycles. The standard InChI is InChI=1S/C14H23N3/c1-3-6-16-13-8-14(10-15-9-13)17-11(2)7-12-4-5-12/h8-12,16-17H,3-7H2,1-2H3. The Morgan fingerprint density at radius 1 is 1.35 bits per heavy atom. The Bertz CT molecular complexity index is 347. The summed E-state index contributed by atoms with van der Waals surface area (Å²) in [6, 6.07) is 2.69. The quantitative estimate of drug-likeness (QED) is 0.756. The highest BCUT2D eigenvalue weighted by atomic mass is 14.9. The van der Waals surface area contributed by atoms with E-state index in [9.17, 15) is 0 Å². The highest BCUT2D eigenvalue weighted by molar-refractivity contribution is 5.54. The monoisotopic (exact) mass is 233 g/mol. The minimum Gasteiger partial charge on any atom is -0.384 e. The Labute approximate surface area is 104 Å². The smallest absolute Gasteiger partial charge is 0.0549 e. The Kier molecular flexibility index (Phi) is 4.24. The van der Waals surface area contributed by atoms with Gasteiger partial charge >= 0.3 is 0 Å². The first-order chi connectivity index (χ1) is 8.28. The third-order valence-corrected chi connectivity index (χ3v) is 3.11. The zero-order valence-electron chi connectivity index (χ0n) is 10.9. The number of rotatable bonds is 7. The average molecular weight is 233 g/mol. The summed E-state index contributed by atoms with van der Waals surface area (Å²) in [6.07, 6.45) is 9.04. The van der Waals surface area contributed by atoms with Gasteiger partial charge in [-0.05, 0) is 31.7 Å². The van der Waals surface area contributed by atoms with E-state index < -0.39 is 0 Å². The lowest BCUT2D eigenvalue weighted by molar-refractivity contribution is 0.642. The van der Waals surface area contributed by atoms with Crippen LogP contribution in [0.5, 0.6) is 0 Å². The molecule has 1 aliphatic rings. The molecule has 1 aliphatic carbocycles. The molecule has 1 fully saturated rings. The van der Waals surface area contributed by atoms with Gasteiger partial charge in [0.25, 0.3) is 0 Å². The minimum atomic E-state index is 0.547. The molecule has 1 unspecified atom stereocenters. The van der Waals surface area contributed by atoms with Crippen molar-refractivity contribution in [2.45, 2.75) is 45.6 Å². The van der Waals surface area contributed by atoms with Crippen molar-refractivity contribution in [2.24, 2.45) is 5.92 Å². The van der Waals surface area contributed by atoms with Crippen molar-refractivity contribution < 1.29 is 0 Å². The van der Waals surface area contributed by atoms with Crippen LogP contribution < -0.4 is 10.6 Å². The van der Waals surface area contributed by atoms with Gasteiger partial charge in [0.2, 0.25) is 0 Å². The van der Waals surface area contributed by atoms with E-state index in [0.29, 0.717) is 6.04 Å². The minimum absolute atomic E-state index is 0.547. The first-order valence-electron chi connectivity index (χ1n) is 6.73. The molecule has 0 bridgehead atoms. The van der Waals surface area contributed by atoms with E-state index in [1.165, 1.54) is 19.3 Å². The van der Waals surface area contributed by atoms with Gasteiger partial charge in [0, 0.05) is 12.6 Å². The summed E-state index contributed by atoms with van der Waals surface area (Å²) in [4.78, 5) is 4.26. The van der Waals surface area contributed by atoms with Crippen LogP contribution in [-0.4, -0.2) is 17.6 Å². The van der Waals surface area contributed by atoms with Crippen LogP contribution in [-0.2, 0) is 0 Å². The predicted molar refractivity (Wildman–Crippen MR) is 73.4 cm³/mol. The first kappa shape index (κ1) is 12.2. The zero-order chi connectivity index (χ0) is 12.1. The van der Waals surface area contributed by atoms with Crippen LogP contribution >= 0.6 is 0 Å². The third kappa shape index (κ3) is 4.25. The molecule has 0 radical (unpaired) electrons. The van der Waals surface area contributed by atoms with Crippen LogP contribution in [0.25, 0.3) is 0 Å². The first-order valence-corrected chi connectivity index (χ1v) is 6.73. The highest BCUT2D eigenvalue weighted by Gasteiger charge is 2.23. The Balaban J connectivity index is 1.85. The number of nitrogens with zero attached hydrogens (tertiary/aromatic N) is 1. The average Bonchev–Trinajstić information content (AvgIpc) is 3.10. The molecule has 1 atom stereocenters. The van der Waals surface area contributed by atoms with Gasteiger partial charge in [-0.15, -0.1) is 0 Å². The van der Waals surface area contributed by atoms with Gasteiger partial charge in [-0.25, -0.2) is 0 Å². The van der Waals surface area contributed by atoms with Crippen molar-refractivity contribution in [2.75, 3.05) is 17.2 Å². The summed E-state index contributed by atoms with van der Waals surface area (Å²) in [6.45, 7) is 5.42. The molecule has 17 heavy (non-hydrogen) atoms. The van der Waals surface area contributed by atoms with E-state index in [4.69, 9.17) is 0 Å². The van der Waals surface area contributed by atoms with Gasteiger partial charge in [0.05, 0.1) is 23.8 Å². The number of nitrogens with one attached hydrogen (secondary N) is 2. The fourth-order valence-electron chi connectivity index (χ4n) is 2.08. The Morgan fingerprint density at radius 2 is 2.12 bits per heavy atom. The molecule has 0 aliphatic heterocycles. The SMILES string of the molecule is CCCNc1cncc(NC(C)CC2CC2)c1. The second-order valence-corrected chi connectivity index (χ2v) is 5.11. The molecule has 2 rings (SSSR count). The highest BCUT2D eigenvalue weighted by Crippen LogP contribution is 2.34. The summed E-state index contributed by atoms with van der Waals surface area (Å²) < 4.78 is 0. The summed E-state index contributed by atoms with van der Waals surface area (Å²) in [5.41, 5.74) is 2.23. The lowest BCUT2D eigenvalue weighted by atomic mass is 10.1. The number of hydrogen-bond donors (Lipinski definition) is 2. The van der Waals surface area contributed by atoms with Crippen LogP contribution in [0.3, 0.4) is 0 Å². The van der Waals surface area contributed by atoms with Gasteiger partial charge < -0.3 is 10.6 Å². The lowest BCUT2D eigenvalue weighted by Crippen LogP contribution is -2.16. The second-order valence-electron chi connectivity index (χ2n) is 5.11. The molecule has 3 nitrogen and oxygen atoms in total. The topological polar surface area (TPSA) is 37.0 Å². The molecule has 2 N–H and O–H groups in total. The maximum absolute atomic E-state index is 4.26. The fourth-order valence-corrected chi connectivity index (χ4v) is 2.08. The maximum Gasteiger partial charge on any atom is 0.0549 e. The summed E-state index contributed by atoms with van der Waals surface area (Å²) >= 11 is 0. The number of hydrogen-bond acceptors (Lipinski definition) is 3. The van der Waals surface area contributed by atoms with Crippen molar-refractivity contribution in [3.8, 4) is 0 Å². The van der Waals surface area contributed by atoms with E-state index in [1.807, 2.05) is 12.4 Å². The van der Waals surface area contributed by atoms with Crippen LogP contribution in [0.4, 0.5) is 11.4 Å². The van der Waals surface area contributed by atoms with Gasteiger partial charge in [-0.3, -0.25) is 4.98 Å². The van der Waals surface area contributed by atoms with E-state index >= 15 is 0 Å². The summed E-state index contributed by atoms with van der Waals surface area (Å²) in [5, 5.41) is 6.89. The van der Waals surface area contributed by atoms with Crippen molar-refractivity contribution in [1.82, 2.24) is 4.98 Å². The van der Waals surface area contributed by atoms with E-state index in [1.54, 1.807) is 0 Å². The Hall–Kier alpha value is -1.25. The fraction of sp³-hybridized carbons (Fsp3) is 0.643. The normalized spacial score (nSPS) is 16.6. The molecule has 1 aromatic rings. The van der Waals surface area contributed by atoms with Crippen molar-refractivity contribution in [3.63, 3.8) is 0 Å². The maximum atomic E-state index is 4.26. The van der Waals surface area contributed by atoms with E-state index in [-0.39, 0.29) is 0 Å². The van der Waals surface area contributed by atoms with Crippen molar-refractivity contribution in [3.05, 3.63) is 18.5 Å². The van der Waals surface area contributed by atoms with Crippen LogP contribution in [0.15, 0.2) is 18.5 Å². The van der Waals surface area contributed by atoms with Gasteiger partial charge in [-0.2, -0.15) is 0 Å². The van der Waals surface area contributed by atoms with Crippen molar-refractivity contribution >= 4 is 11.4 Å². The zero-order valence-corrected chi connectivity index (χ0v) is 10.9. The van der Waals surface area contributed by atoms with E-state index in [2.05, 4.69) is 35.5 Å². The molecule has 1 saturated carbocycles. The number of aromatic nitrogens is 1. The molecule has 3 heteroatoms. The lowest BCUT2D eigenvalue weighted by Gasteiger charge is -2.15. The molecular weight excluding hydrogens is 210 g/mol. The summed E-state index contributed by atoms with van der Waals surface area (Å²) in [5.74, 6) is 0.965. The molecule has 0 saturated heterocycles. The Morgan fingerprint density at radius 3 is 2.82 bits per heavy atom. The molecule has 1 aromatic heterocycles. The number of anilines is 2. The molecule has 0 spiro atoms. The van der Waals surface area contributed by atoms with Gasteiger partial charge in [-0.1, -0.05) is 19.8 Å². The molecule has 0 amide bonds.